The lowest BCUT2D eigenvalue weighted by molar-refractivity contribution is -0.161. The number of carboxylic acids is 2. The van der Waals surface area contributed by atoms with Gasteiger partial charge in [-0.3, -0.25) is 19.2 Å². The first kappa shape index (κ1) is 29.4. The van der Waals surface area contributed by atoms with Gasteiger partial charge in [0.1, 0.15) is 0 Å². The van der Waals surface area contributed by atoms with Crippen LogP contribution in [0.1, 0.15) is 90.9 Å². The Morgan fingerprint density at radius 2 is 1.15 bits per heavy atom. The van der Waals surface area contributed by atoms with E-state index in [2.05, 4.69) is 6.92 Å². The Kier molecular flexibility index (Phi) is 9.11. The molecule has 12 unspecified atom stereocenters. The fourth-order valence-electron chi connectivity index (χ4n) is 9.91. The Bertz CT molecular complexity index is 963. The van der Waals surface area contributed by atoms with Crippen LogP contribution in [0.5, 0.6) is 0 Å². The van der Waals surface area contributed by atoms with Crippen molar-refractivity contribution in [2.75, 3.05) is 13.2 Å². The van der Waals surface area contributed by atoms with Crippen LogP contribution in [-0.2, 0) is 28.7 Å². The van der Waals surface area contributed by atoms with Crippen LogP contribution >= 0.6 is 0 Å². The molecule has 0 aromatic carbocycles. The first-order valence-corrected chi connectivity index (χ1v) is 15.9. The molecule has 8 nitrogen and oxygen atoms in total. The molecule has 12 atom stereocenters. The lowest BCUT2D eigenvalue weighted by Gasteiger charge is -2.31. The van der Waals surface area contributed by atoms with Crippen LogP contribution < -0.4 is 0 Å². The Labute approximate surface area is 237 Å². The molecule has 224 valence electrons. The van der Waals surface area contributed by atoms with E-state index in [4.69, 9.17) is 9.47 Å². The Morgan fingerprint density at radius 3 is 1.82 bits per heavy atom. The molecule has 0 heterocycles. The first-order chi connectivity index (χ1) is 19.2. The van der Waals surface area contributed by atoms with Crippen LogP contribution in [0.25, 0.3) is 0 Å². The van der Waals surface area contributed by atoms with Crippen LogP contribution in [0, 0.1) is 71.0 Å². The fraction of sp³-hybridized carbons (Fsp3) is 0.875. The molecule has 5 aliphatic carbocycles. The summed E-state index contributed by atoms with van der Waals surface area (Å²) in [6.45, 7) is 4.87. The van der Waals surface area contributed by atoms with E-state index < -0.39 is 35.6 Å². The lowest BCUT2D eigenvalue weighted by atomic mass is 9.74. The summed E-state index contributed by atoms with van der Waals surface area (Å²) >= 11 is 0. The van der Waals surface area contributed by atoms with E-state index >= 15 is 0 Å². The Morgan fingerprint density at radius 1 is 0.600 bits per heavy atom. The monoisotopic (exact) mass is 560 g/mol. The molecule has 5 saturated carbocycles. The molecule has 5 fully saturated rings. The molecule has 40 heavy (non-hydrogen) atoms. The van der Waals surface area contributed by atoms with Gasteiger partial charge in [-0.15, -0.1) is 0 Å². The second kappa shape index (κ2) is 12.4. The van der Waals surface area contributed by atoms with Crippen molar-refractivity contribution in [1.29, 1.82) is 0 Å². The predicted molar refractivity (Wildman–Crippen MR) is 146 cm³/mol. The third-order valence-corrected chi connectivity index (χ3v) is 11.8. The molecule has 0 saturated heterocycles. The summed E-state index contributed by atoms with van der Waals surface area (Å²) in [6, 6.07) is 0. The SMILES string of the molecule is CC1CCC(C(=O)OCCC2C3CCC2C2C(CCOC(=O)C4CC(C)CCC4C(=O)O)CCC32)C(C(=O)O)C1. The van der Waals surface area contributed by atoms with E-state index in [0.717, 1.165) is 32.1 Å². The average molecular weight is 561 g/mol. The molecule has 0 amide bonds. The van der Waals surface area contributed by atoms with E-state index in [1.54, 1.807) is 0 Å². The van der Waals surface area contributed by atoms with Gasteiger partial charge in [0, 0.05) is 0 Å². The minimum absolute atomic E-state index is 0.327. The number of hydrogen-bond donors (Lipinski definition) is 2. The third kappa shape index (κ3) is 5.92. The topological polar surface area (TPSA) is 127 Å². The molecule has 5 rings (SSSR count). The summed E-state index contributed by atoms with van der Waals surface area (Å²) in [7, 11) is 0. The maximum absolute atomic E-state index is 12.8. The average Bonchev–Trinajstić information content (AvgIpc) is 3.60. The van der Waals surface area contributed by atoms with Gasteiger partial charge in [-0.05, 0) is 124 Å². The van der Waals surface area contributed by atoms with Gasteiger partial charge in [0.25, 0.3) is 0 Å². The highest BCUT2D eigenvalue weighted by atomic mass is 16.5. The quantitative estimate of drug-likeness (QED) is 0.339. The van der Waals surface area contributed by atoms with Gasteiger partial charge in [0.2, 0.25) is 0 Å². The zero-order chi connectivity index (χ0) is 28.6. The number of carboxylic acid groups (broad SMARTS) is 2. The molecule has 0 aromatic rings. The van der Waals surface area contributed by atoms with Crippen molar-refractivity contribution < 1.29 is 38.9 Å². The molecule has 0 aliphatic heterocycles. The number of carbonyl (C=O) groups excluding carboxylic acids is 2. The van der Waals surface area contributed by atoms with Gasteiger partial charge >= 0.3 is 23.9 Å². The minimum atomic E-state index is -0.888. The van der Waals surface area contributed by atoms with Crippen molar-refractivity contribution in [3.63, 3.8) is 0 Å². The molecule has 2 N–H and O–H groups in total. The predicted octanol–water partition coefficient (Wildman–Crippen LogP) is 5.43. The zero-order valence-electron chi connectivity index (χ0n) is 24.2. The standard InChI is InChI=1S/C32H48O8/c1-17-4-7-25(26(15-17)30(35)36)31(37)40-14-12-21-20-9-10-23(21)28-19(5-8-22(20)28)11-13-39-32(38)27-16-18(2)3-6-24(27)29(33)34/h17-28H,3-16H2,1-2H3,(H,33,34)(H,35,36). The molecule has 5 aliphatic rings. The molecule has 8 heteroatoms. The molecule has 0 radical (unpaired) electrons. The van der Waals surface area contributed by atoms with Crippen LogP contribution in [-0.4, -0.2) is 47.3 Å². The van der Waals surface area contributed by atoms with Crippen LogP contribution in [0.3, 0.4) is 0 Å². The second-order valence-corrected chi connectivity index (χ2v) is 14.0. The van der Waals surface area contributed by atoms with E-state index in [9.17, 15) is 29.4 Å². The van der Waals surface area contributed by atoms with Gasteiger partial charge < -0.3 is 19.7 Å². The summed E-state index contributed by atoms with van der Waals surface area (Å²) in [6.07, 6.45) is 10.5. The van der Waals surface area contributed by atoms with Gasteiger partial charge in [-0.1, -0.05) is 13.8 Å². The van der Waals surface area contributed by atoms with Gasteiger partial charge in [-0.2, -0.15) is 0 Å². The smallest absolute Gasteiger partial charge is 0.309 e. The maximum atomic E-state index is 12.8. The van der Waals surface area contributed by atoms with Gasteiger partial charge in [0.05, 0.1) is 36.9 Å². The lowest BCUT2D eigenvalue weighted by Crippen LogP contribution is -2.36. The van der Waals surface area contributed by atoms with Crippen molar-refractivity contribution in [2.24, 2.45) is 71.0 Å². The maximum Gasteiger partial charge on any atom is 0.309 e. The molecular formula is C32H48O8. The van der Waals surface area contributed by atoms with E-state index in [1.165, 1.54) is 19.3 Å². The molecular weight excluding hydrogens is 512 g/mol. The Balaban J connectivity index is 1.09. The summed E-state index contributed by atoms with van der Waals surface area (Å²) < 4.78 is 11.4. The summed E-state index contributed by atoms with van der Waals surface area (Å²) in [4.78, 5) is 49.1. The zero-order valence-corrected chi connectivity index (χ0v) is 24.2. The van der Waals surface area contributed by atoms with Crippen LogP contribution in [0.2, 0.25) is 0 Å². The fourth-order valence-corrected chi connectivity index (χ4v) is 9.91. The van der Waals surface area contributed by atoms with E-state index in [-0.39, 0.29) is 11.9 Å². The largest absolute Gasteiger partial charge is 0.481 e. The second-order valence-electron chi connectivity index (χ2n) is 14.0. The number of carbonyl (C=O) groups is 4. The van der Waals surface area contributed by atoms with Crippen molar-refractivity contribution in [3.8, 4) is 0 Å². The van der Waals surface area contributed by atoms with E-state index in [0.29, 0.717) is 86.2 Å². The highest BCUT2D eigenvalue weighted by Crippen LogP contribution is 2.64. The number of esters is 2. The molecule has 0 spiro atoms. The minimum Gasteiger partial charge on any atom is -0.481 e. The summed E-state index contributed by atoms with van der Waals surface area (Å²) in [5.41, 5.74) is 0. The molecule has 0 aromatic heterocycles. The third-order valence-electron chi connectivity index (χ3n) is 11.8. The van der Waals surface area contributed by atoms with Crippen LogP contribution in [0.15, 0.2) is 0 Å². The number of aliphatic carboxylic acids is 2. The summed E-state index contributed by atoms with van der Waals surface area (Å²) in [5, 5.41) is 19.2. The summed E-state index contributed by atoms with van der Waals surface area (Å²) in [5.74, 6) is -0.384. The normalized spacial score (nSPS) is 42.2. The first-order valence-electron chi connectivity index (χ1n) is 15.9. The number of hydrogen-bond acceptors (Lipinski definition) is 6. The highest BCUT2D eigenvalue weighted by Gasteiger charge is 2.58. The van der Waals surface area contributed by atoms with Crippen molar-refractivity contribution in [3.05, 3.63) is 0 Å². The Hall–Kier alpha value is -2.12. The van der Waals surface area contributed by atoms with Gasteiger partial charge in [-0.25, -0.2) is 0 Å². The molecule has 2 bridgehead atoms. The number of rotatable bonds is 10. The van der Waals surface area contributed by atoms with Crippen molar-refractivity contribution >= 4 is 23.9 Å². The highest BCUT2D eigenvalue weighted by molar-refractivity contribution is 5.82. The van der Waals surface area contributed by atoms with E-state index in [1.807, 2.05) is 6.92 Å². The number of ether oxygens (including phenoxy) is 2. The van der Waals surface area contributed by atoms with Crippen molar-refractivity contribution in [1.82, 2.24) is 0 Å². The number of fused-ring (bicyclic) bond motifs is 5. The van der Waals surface area contributed by atoms with Gasteiger partial charge in [0.15, 0.2) is 0 Å². The van der Waals surface area contributed by atoms with Crippen LogP contribution in [0.4, 0.5) is 0 Å². The van der Waals surface area contributed by atoms with Crippen molar-refractivity contribution in [2.45, 2.75) is 90.9 Å².